The van der Waals surface area contributed by atoms with E-state index in [1.165, 1.54) is 30.4 Å². The number of ether oxygens (including phenoxy) is 1. The summed E-state index contributed by atoms with van der Waals surface area (Å²) in [6.07, 6.45) is 5.16. The van der Waals surface area contributed by atoms with Gasteiger partial charge in [0.15, 0.2) is 0 Å². The van der Waals surface area contributed by atoms with Gasteiger partial charge in [0.05, 0.1) is 12.7 Å². The van der Waals surface area contributed by atoms with Gasteiger partial charge in [0, 0.05) is 12.8 Å². The van der Waals surface area contributed by atoms with E-state index in [2.05, 4.69) is 33.8 Å². The molecule has 4 atom stereocenters. The molecule has 4 rings (SSSR count). The lowest BCUT2D eigenvalue weighted by Gasteiger charge is -2.53. The maximum Gasteiger partial charge on any atom is 0.300 e. The van der Waals surface area contributed by atoms with Crippen LogP contribution in [0.15, 0.2) is 12.1 Å². The third-order valence-electron chi connectivity index (χ3n) is 6.81. The number of benzene rings is 1. The van der Waals surface area contributed by atoms with Crippen molar-refractivity contribution in [2.75, 3.05) is 6.61 Å². The van der Waals surface area contributed by atoms with Crippen molar-refractivity contribution in [1.29, 1.82) is 0 Å². The molecule has 0 bridgehead atoms. The summed E-state index contributed by atoms with van der Waals surface area (Å²) in [7, 11) is 0. The molecule has 2 N–H and O–H groups in total. The molecule has 0 radical (unpaired) electrons. The Morgan fingerprint density at radius 2 is 1.92 bits per heavy atom. The Morgan fingerprint density at radius 1 is 1.27 bits per heavy atom. The number of fused-ring (bicyclic) bond motifs is 2. The average Bonchev–Trinajstić information content (AvgIpc) is 2.84. The predicted molar refractivity (Wildman–Crippen MR) is 102 cm³/mol. The highest BCUT2D eigenvalue weighted by molar-refractivity contribution is 5.63. The van der Waals surface area contributed by atoms with Gasteiger partial charge in [0.25, 0.3) is 5.97 Å². The van der Waals surface area contributed by atoms with Crippen molar-refractivity contribution in [2.45, 2.75) is 77.7 Å². The van der Waals surface area contributed by atoms with Crippen LogP contribution in [0.2, 0.25) is 0 Å². The Morgan fingerprint density at radius 3 is 2.54 bits per heavy atom. The molecule has 0 spiro atoms. The number of aliphatic carboxylic acids is 1. The van der Waals surface area contributed by atoms with Gasteiger partial charge in [-0.3, -0.25) is 4.79 Å². The first-order chi connectivity index (χ1) is 12.1. The molecule has 0 aromatic heterocycles. The Bertz CT molecular complexity index is 706. The monoisotopic (exact) mass is 360 g/mol. The zero-order chi connectivity index (χ0) is 19.3. The Hall–Kier alpha value is -1.55. The second kappa shape index (κ2) is 6.56. The minimum absolute atomic E-state index is 0.207. The van der Waals surface area contributed by atoms with E-state index in [4.69, 9.17) is 14.6 Å². The lowest BCUT2D eigenvalue weighted by Crippen LogP contribution is -2.52. The Labute approximate surface area is 156 Å². The van der Waals surface area contributed by atoms with Crippen LogP contribution < -0.4 is 0 Å². The molecule has 0 unspecified atom stereocenters. The van der Waals surface area contributed by atoms with E-state index in [0.29, 0.717) is 29.1 Å². The van der Waals surface area contributed by atoms with E-state index in [9.17, 15) is 5.11 Å². The summed E-state index contributed by atoms with van der Waals surface area (Å²) in [5.74, 6) is 0.615. The summed E-state index contributed by atoms with van der Waals surface area (Å²) in [4.78, 5) is 9.00. The standard InChI is InChI=1S/C20H28O2.C2H4O2/c1-12(2)17-13-10-16-18-19(3,11-22-16)8-5-9-20(18,4)14(13)6-7-15(17)21;1-2(3)4/h6-7,12,16,18,21H,5,8-11H2,1-4H3;1H3,(H,3,4)/t16-,18-,19-,20+;/m0./s1. The fraction of sp³-hybridized carbons (Fsp3) is 0.682. The fourth-order valence-corrected chi connectivity index (χ4v) is 6.09. The Balaban J connectivity index is 0.000000447. The first-order valence-corrected chi connectivity index (χ1v) is 9.76. The van der Waals surface area contributed by atoms with E-state index in [1.807, 2.05) is 6.07 Å². The molecule has 4 heteroatoms. The number of hydrogen-bond acceptors (Lipinski definition) is 3. The van der Waals surface area contributed by atoms with Gasteiger partial charge in [0.1, 0.15) is 5.75 Å². The summed E-state index contributed by atoms with van der Waals surface area (Å²) in [6.45, 7) is 11.3. The molecule has 1 heterocycles. The summed E-state index contributed by atoms with van der Waals surface area (Å²) in [5, 5.41) is 17.8. The molecule has 1 aromatic rings. The minimum Gasteiger partial charge on any atom is -0.508 e. The number of phenols is 1. The van der Waals surface area contributed by atoms with Gasteiger partial charge in [-0.15, -0.1) is 0 Å². The predicted octanol–water partition coefficient (Wildman–Crippen LogP) is 4.63. The van der Waals surface area contributed by atoms with Crippen molar-refractivity contribution in [1.82, 2.24) is 0 Å². The van der Waals surface area contributed by atoms with Gasteiger partial charge in [-0.25, -0.2) is 0 Å². The molecule has 0 amide bonds. The maximum absolute atomic E-state index is 10.4. The summed E-state index contributed by atoms with van der Waals surface area (Å²) < 4.78 is 6.29. The van der Waals surface area contributed by atoms with Crippen LogP contribution in [0.4, 0.5) is 0 Å². The van der Waals surface area contributed by atoms with Crippen molar-refractivity contribution >= 4 is 5.97 Å². The topological polar surface area (TPSA) is 66.8 Å². The van der Waals surface area contributed by atoms with Crippen LogP contribution in [0.1, 0.15) is 76.5 Å². The number of hydrogen-bond donors (Lipinski definition) is 2. The average molecular weight is 360 g/mol. The summed E-state index contributed by atoms with van der Waals surface area (Å²) in [6, 6.07) is 4.14. The molecule has 2 fully saturated rings. The van der Waals surface area contributed by atoms with Crippen LogP contribution in [0, 0.1) is 11.3 Å². The lowest BCUT2D eigenvalue weighted by atomic mass is 9.50. The first kappa shape index (κ1) is 19.2. The third kappa shape index (κ3) is 2.92. The van der Waals surface area contributed by atoms with Crippen molar-refractivity contribution in [2.24, 2.45) is 11.3 Å². The highest BCUT2D eigenvalue weighted by Gasteiger charge is 2.59. The van der Waals surface area contributed by atoms with Crippen LogP contribution in [0.25, 0.3) is 0 Å². The highest BCUT2D eigenvalue weighted by atomic mass is 16.5. The normalized spacial score (nSPS) is 34.5. The largest absolute Gasteiger partial charge is 0.508 e. The quantitative estimate of drug-likeness (QED) is 0.766. The van der Waals surface area contributed by atoms with Crippen molar-refractivity contribution in [3.05, 3.63) is 28.8 Å². The zero-order valence-electron chi connectivity index (χ0n) is 16.6. The fourth-order valence-electron chi connectivity index (χ4n) is 6.09. The molecule has 1 saturated heterocycles. The maximum atomic E-state index is 10.4. The summed E-state index contributed by atoms with van der Waals surface area (Å²) >= 11 is 0. The van der Waals surface area contributed by atoms with Gasteiger partial charge < -0.3 is 14.9 Å². The summed E-state index contributed by atoms with van der Waals surface area (Å²) in [5.41, 5.74) is 4.57. The second-order valence-electron chi connectivity index (χ2n) is 9.15. The van der Waals surface area contributed by atoms with Gasteiger partial charge in [0.2, 0.25) is 0 Å². The van der Waals surface area contributed by atoms with E-state index in [0.717, 1.165) is 25.5 Å². The molecule has 3 aliphatic rings. The van der Waals surface area contributed by atoms with Crippen LogP contribution in [-0.4, -0.2) is 28.9 Å². The van der Waals surface area contributed by atoms with Crippen LogP contribution >= 0.6 is 0 Å². The van der Waals surface area contributed by atoms with E-state index < -0.39 is 5.97 Å². The third-order valence-corrected chi connectivity index (χ3v) is 6.81. The van der Waals surface area contributed by atoms with Gasteiger partial charge in [-0.1, -0.05) is 40.2 Å². The second-order valence-corrected chi connectivity index (χ2v) is 9.15. The smallest absolute Gasteiger partial charge is 0.300 e. The number of aromatic hydroxyl groups is 1. The van der Waals surface area contributed by atoms with Crippen LogP contribution in [0.3, 0.4) is 0 Å². The molecule has 1 aliphatic heterocycles. The van der Waals surface area contributed by atoms with Crippen LogP contribution in [-0.2, 0) is 21.4 Å². The molecule has 26 heavy (non-hydrogen) atoms. The molecule has 144 valence electrons. The van der Waals surface area contributed by atoms with E-state index >= 15 is 0 Å². The number of carboxylic acid groups (broad SMARTS) is 1. The number of carbonyl (C=O) groups is 1. The lowest BCUT2D eigenvalue weighted by molar-refractivity contribution is -0.134. The van der Waals surface area contributed by atoms with Gasteiger partial charge in [-0.05, 0) is 58.8 Å². The number of rotatable bonds is 1. The SMILES string of the molecule is CC(=O)O.CC(C)c1c(O)ccc2c1C[C@@H]1OC[C@]3(C)CCC[C@@]2(C)[C@@H]13. The van der Waals surface area contributed by atoms with Crippen molar-refractivity contribution < 1.29 is 19.7 Å². The highest BCUT2D eigenvalue weighted by Crippen LogP contribution is 2.61. The number of phenolic OH excluding ortho intramolecular Hbond substituents is 1. The Kier molecular flexibility index (Phi) is 4.85. The van der Waals surface area contributed by atoms with Crippen molar-refractivity contribution in [3.8, 4) is 5.75 Å². The van der Waals surface area contributed by atoms with Gasteiger partial charge >= 0.3 is 0 Å². The number of carboxylic acids is 1. The minimum atomic E-state index is -0.833. The molecular weight excluding hydrogens is 328 g/mol. The first-order valence-electron chi connectivity index (χ1n) is 9.76. The van der Waals surface area contributed by atoms with Crippen LogP contribution in [0.5, 0.6) is 5.75 Å². The zero-order valence-corrected chi connectivity index (χ0v) is 16.6. The molecular formula is C22H32O4. The molecule has 1 saturated carbocycles. The van der Waals surface area contributed by atoms with Crippen molar-refractivity contribution in [3.63, 3.8) is 0 Å². The molecule has 1 aromatic carbocycles. The van der Waals surface area contributed by atoms with E-state index in [-0.39, 0.29) is 5.41 Å². The molecule has 2 aliphatic carbocycles. The van der Waals surface area contributed by atoms with Gasteiger partial charge in [-0.2, -0.15) is 0 Å². The molecule has 4 nitrogen and oxygen atoms in total. The van der Waals surface area contributed by atoms with E-state index in [1.54, 1.807) is 0 Å².